The van der Waals surface area contributed by atoms with E-state index in [0.717, 1.165) is 26.6 Å². The van der Waals surface area contributed by atoms with Gasteiger partial charge in [-0.05, 0) is 50.5 Å². The van der Waals surface area contributed by atoms with Gasteiger partial charge in [-0.2, -0.15) is 0 Å². The summed E-state index contributed by atoms with van der Waals surface area (Å²) in [5.41, 5.74) is 3.62. The predicted molar refractivity (Wildman–Crippen MR) is 133 cm³/mol. The number of para-hydroxylation sites is 1. The van der Waals surface area contributed by atoms with Crippen molar-refractivity contribution in [2.24, 2.45) is 5.92 Å². The smallest absolute Gasteiger partial charge is 0.341 e. The largest absolute Gasteiger partial charge is 0.462 e. The summed E-state index contributed by atoms with van der Waals surface area (Å²) in [7, 11) is 0. The fourth-order valence-corrected chi connectivity index (χ4v) is 5.99. The number of fused-ring (bicyclic) bond motifs is 1. The van der Waals surface area contributed by atoms with Gasteiger partial charge >= 0.3 is 5.97 Å². The van der Waals surface area contributed by atoms with Gasteiger partial charge in [-0.1, -0.05) is 48.5 Å². The summed E-state index contributed by atoms with van der Waals surface area (Å²) in [4.78, 5) is 48.7. The molecule has 3 atom stereocenters. The first-order chi connectivity index (χ1) is 16.8. The Kier molecular flexibility index (Phi) is 5.94. The molecule has 2 fully saturated rings. The SMILES string of the molecule is CCOC(=O)c1c(N2C(=O)[C@@H]3[C@H](ON(c4ccccc4C)[C@H]3c3ccccc3)C2=O)sc(C)c1C. The molecule has 2 aliphatic heterocycles. The van der Waals surface area contributed by atoms with Crippen LogP contribution in [-0.4, -0.2) is 30.5 Å². The van der Waals surface area contributed by atoms with Crippen LogP contribution in [0.15, 0.2) is 54.6 Å². The summed E-state index contributed by atoms with van der Waals surface area (Å²) in [6.45, 7) is 7.55. The number of benzene rings is 2. The van der Waals surface area contributed by atoms with E-state index in [1.165, 1.54) is 11.3 Å². The molecular formula is C27H26N2O5S. The van der Waals surface area contributed by atoms with Crippen molar-refractivity contribution in [3.8, 4) is 0 Å². The maximum absolute atomic E-state index is 13.9. The van der Waals surface area contributed by atoms with Gasteiger partial charge in [-0.15, -0.1) is 11.3 Å². The highest BCUT2D eigenvalue weighted by atomic mass is 32.1. The second kappa shape index (κ2) is 8.94. The second-order valence-corrected chi connectivity index (χ2v) is 9.92. The zero-order chi connectivity index (χ0) is 24.9. The molecule has 35 heavy (non-hydrogen) atoms. The molecule has 8 heteroatoms. The predicted octanol–water partition coefficient (Wildman–Crippen LogP) is 4.90. The van der Waals surface area contributed by atoms with Crippen LogP contribution in [0.5, 0.6) is 0 Å². The van der Waals surface area contributed by atoms with Gasteiger partial charge in [0.05, 0.1) is 23.9 Å². The number of ether oxygens (including phenoxy) is 1. The molecule has 3 heterocycles. The van der Waals surface area contributed by atoms with Gasteiger partial charge in [0.1, 0.15) is 10.9 Å². The van der Waals surface area contributed by atoms with Crippen molar-refractivity contribution < 1.29 is 24.0 Å². The molecule has 7 nitrogen and oxygen atoms in total. The van der Waals surface area contributed by atoms with Gasteiger partial charge in [0.25, 0.3) is 5.91 Å². The van der Waals surface area contributed by atoms with E-state index in [1.54, 1.807) is 18.9 Å². The van der Waals surface area contributed by atoms with Crippen molar-refractivity contribution >= 4 is 39.8 Å². The van der Waals surface area contributed by atoms with Crippen molar-refractivity contribution in [2.75, 3.05) is 16.6 Å². The minimum absolute atomic E-state index is 0.199. The van der Waals surface area contributed by atoms with Crippen LogP contribution in [-0.2, 0) is 19.2 Å². The van der Waals surface area contributed by atoms with Crippen LogP contribution in [0.25, 0.3) is 0 Å². The van der Waals surface area contributed by atoms with Crippen molar-refractivity contribution in [3.05, 3.63) is 81.7 Å². The highest BCUT2D eigenvalue weighted by Gasteiger charge is 2.61. The van der Waals surface area contributed by atoms with Gasteiger partial charge in [-0.25, -0.2) is 14.8 Å². The Morgan fingerprint density at radius 2 is 1.69 bits per heavy atom. The molecule has 2 aliphatic rings. The molecule has 0 aliphatic carbocycles. The number of carbonyl (C=O) groups is 3. The Bertz CT molecular complexity index is 1320. The van der Waals surface area contributed by atoms with Crippen LogP contribution in [0.3, 0.4) is 0 Å². The molecule has 0 bridgehead atoms. The Morgan fingerprint density at radius 3 is 2.37 bits per heavy atom. The number of imide groups is 1. The fourth-order valence-electron chi connectivity index (χ4n) is 4.83. The van der Waals surface area contributed by atoms with E-state index in [-0.39, 0.29) is 18.1 Å². The number of amides is 2. The quantitative estimate of drug-likeness (QED) is 0.374. The zero-order valence-corrected chi connectivity index (χ0v) is 20.8. The third kappa shape index (κ3) is 3.64. The van der Waals surface area contributed by atoms with E-state index >= 15 is 0 Å². The summed E-state index contributed by atoms with van der Waals surface area (Å²) in [6, 6.07) is 16.8. The molecule has 180 valence electrons. The summed E-state index contributed by atoms with van der Waals surface area (Å²) in [6.07, 6.45) is -0.995. The number of hydrogen-bond acceptors (Lipinski definition) is 7. The summed E-state index contributed by atoms with van der Waals surface area (Å²) < 4.78 is 5.24. The highest BCUT2D eigenvalue weighted by molar-refractivity contribution is 7.17. The molecule has 2 amide bonds. The van der Waals surface area contributed by atoms with Crippen LogP contribution in [0.2, 0.25) is 0 Å². The van der Waals surface area contributed by atoms with Crippen molar-refractivity contribution in [3.63, 3.8) is 0 Å². The van der Waals surface area contributed by atoms with Crippen molar-refractivity contribution in [2.45, 2.75) is 39.8 Å². The number of esters is 1. The monoisotopic (exact) mass is 490 g/mol. The number of anilines is 2. The Balaban J connectivity index is 1.60. The third-order valence-electron chi connectivity index (χ3n) is 6.66. The van der Waals surface area contributed by atoms with Crippen molar-refractivity contribution in [1.82, 2.24) is 0 Å². The third-order valence-corrected chi connectivity index (χ3v) is 7.85. The second-order valence-electron chi connectivity index (χ2n) is 8.72. The highest BCUT2D eigenvalue weighted by Crippen LogP contribution is 2.50. The molecule has 0 spiro atoms. The van der Waals surface area contributed by atoms with Gasteiger partial charge < -0.3 is 4.74 Å². The normalized spacial score (nSPS) is 21.5. The molecule has 0 radical (unpaired) electrons. The standard InChI is InChI=1S/C27H26N2O5S/c1-5-33-27(32)20-16(3)17(4)35-26(20)28-24(30)21-22(18-12-7-6-8-13-18)29(34-23(21)25(28)31)19-14-10-9-11-15(19)2/h6-14,21-23H,5H2,1-4H3/t21-,22-,23-/m0/s1. The van der Waals surface area contributed by atoms with E-state index < -0.39 is 29.9 Å². The average molecular weight is 491 g/mol. The maximum atomic E-state index is 13.9. The lowest BCUT2D eigenvalue weighted by atomic mass is 9.90. The first kappa shape index (κ1) is 23.3. The molecule has 2 aromatic carbocycles. The number of aryl methyl sites for hydroxylation is 2. The van der Waals surface area contributed by atoms with E-state index in [9.17, 15) is 14.4 Å². The van der Waals surface area contributed by atoms with E-state index in [0.29, 0.717) is 10.6 Å². The number of nitrogens with zero attached hydrogens (tertiary/aromatic N) is 2. The molecule has 1 aromatic heterocycles. The van der Waals surface area contributed by atoms with Crippen LogP contribution < -0.4 is 9.96 Å². The van der Waals surface area contributed by atoms with Gasteiger partial charge in [0.15, 0.2) is 6.10 Å². The number of hydrogen-bond donors (Lipinski definition) is 0. The number of carbonyl (C=O) groups excluding carboxylic acids is 3. The van der Waals surface area contributed by atoms with Gasteiger partial charge in [0.2, 0.25) is 5.91 Å². The zero-order valence-electron chi connectivity index (χ0n) is 20.0. The minimum Gasteiger partial charge on any atom is -0.462 e. The molecule has 5 rings (SSSR count). The van der Waals surface area contributed by atoms with E-state index in [4.69, 9.17) is 9.57 Å². The first-order valence-electron chi connectivity index (χ1n) is 11.6. The molecule has 0 N–H and O–H groups in total. The van der Waals surface area contributed by atoms with Crippen LogP contribution in [0, 0.1) is 26.7 Å². The number of rotatable bonds is 5. The lowest BCUT2D eigenvalue weighted by Gasteiger charge is -2.29. The fraction of sp³-hybridized carbons (Fsp3) is 0.296. The summed E-state index contributed by atoms with van der Waals surface area (Å²) in [5, 5.41) is 2.00. The van der Waals surface area contributed by atoms with Crippen LogP contribution in [0.4, 0.5) is 10.7 Å². The van der Waals surface area contributed by atoms with Gasteiger partial charge in [0, 0.05) is 4.88 Å². The summed E-state index contributed by atoms with van der Waals surface area (Å²) >= 11 is 1.25. The Labute approximate surface area is 207 Å². The van der Waals surface area contributed by atoms with Gasteiger partial charge in [-0.3, -0.25) is 14.4 Å². The Hall–Kier alpha value is -3.49. The lowest BCUT2D eigenvalue weighted by molar-refractivity contribution is -0.126. The molecule has 0 saturated carbocycles. The van der Waals surface area contributed by atoms with Crippen molar-refractivity contribution in [1.29, 1.82) is 0 Å². The average Bonchev–Trinajstić information content (AvgIpc) is 3.45. The molecule has 2 saturated heterocycles. The first-order valence-corrected chi connectivity index (χ1v) is 12.4. The number of hydroxylamine groups is 1. The number of thiophene rings is 1. The Morgan fingerprint density at radius 1 is 1.00 bits per heavy atom. The lowest BCUT2D eigenvalue weighted by Crippen LogP contribution is -2.38. The minimum atomic E-state index is -0.995. The van der Waals surface area contributed by atoms with E-state index in [1.807, 2.05) is 68.4 Å². The topological polar surface area (TPSA) is 76.2 Å². The molecule has 3 aromatic rings. The van der Waals surface area contributed by atoms with Crippen LogP contribution >= 0.6 is 11.3 Å². The van der Waals surface area contributed by atoms with Crippen LogP contribution in [0.1, 0.15) is 44.9 Å². The maximum Gasteiger partial charge on any atom is 0.341 e. The van der Waals surface area contributed by atoms with E-state index in [2.05, 4.69) is 0 Å². The molecule has 0 unspecified atom stereocenters. The molecular weight excluding hydrogens is 464 g/mol. The summed E-state index contributed by atoms with van der Waals surface area (Å²) in [5.74, 6) is -2.15.